The maximum absolute atomic E-state index is 5.62. The van der Waals surface area contributed by atoms with Gasteiger partial charge in [0, 0.05) is 25.2 Å². The molecule has 0 spiro atoms. The van der Waals surface area contributed by atoms with Gasteiger partial charge in [-0.2, -0.15) is 0 Å². The van der Waals surface area contributed by atoms with E-state index in [-0.39, 0.29) is 0 Å². The summed E-state index contributed by atoms with van der Waals surface area (Å²) in [7, 11) is 0. The lowest BCUT2D eigenvalue weighted by atomic mass is 10.2. The van der Waals surface area contributed by atoms with Crippen LogP contribution in [0.15, 0.2) is 24.3 Å². The van der Waals surface area contributed by atoms with Crippen molar-refractivity contribution in [2.45, 2.75) is 33.7 Å². The molecule has 19 heavy (non-hydrogen) atoms. The van der Waals surface area contributed by atoms with E-state index in [0.29, 0.717) is 0 Å². The Labute approximate surface area is 118 Å². The van der Waals surface area contributed by atoms with Crippen LogP contribution < -0.4 is 10.1 Å². The van der Waals surface area contributed by atoms with Crippen molar-refractivity contribution in [3.8, 4) is 5.75 Å². The molecule has 0 aliphatic heterocycles. The average Bonchev–Trinajstić information content (AvgIpc) is 2.44. The first kappa shape index (κ1) is 16.0. The smallest absolute Gasteiger partial charge is 0.123 e. The summed E-state index contributed by atoms with van der Waals surface area (Å²) in [4.78, 5) is 2.47. The van der Waals surface area contributed by atoms with Gasteiger partial charge in [-0.3, -0.25) is 0 Å². The van der Waals surface area contributed by atoms with Crippen molar-refractivity contribution in [1.29, 1.82) is 0 Å². The van der Waals surface area contributed by atoms with Crippen molar-refractivity contribution >= 4 is 0 Å². The number of hydrogen-bond acceptors (Lipinski definition) is 3. The van der Waals surface area contributed by atoms with E-state index in [1.165, 1.54) is 18.5 Å². The lowest BCUT2D eigenvalue weighted by Crippen LogP contribution is -2.32. The number of nitrogens with zero attached hydrogens (tertiary/aromatic N) is 1. The number of nitrogens with one attached hydrogen (secondary N) is 1. The molecular weight excluding hydrogens is 236 g/mol. The van der Waals surface area contributed by atoms with Gasteiger partial charge >= 0.3 is 0 Å². The predicted molar refractivity (Wildman–Crippen MR) is 81.7 cm³/mol. The number of para-hydroxylation sites is 1. The third-order valence-electron chi connectivity index (χ3n) is 3.18. The lowest BCUT2D eigenvalue weighted by Gasteiger charge is -2.19. The molecule has 0 aliphatic rings. The van der Waals surface area contributed by atoms with Crippen LogP contribution in [0.2, 0.25) is 0 Å². The standard InChI is InChI=1S/C16H28N2O/c1-4-12-18(5-2)13-11-17-14-15-9-7-8-10-16(15)19-6-3/h7-10,17H,4-6,11-14H2,1-3H3. The highest BCUT2D eigenvalue weighted by Gasteiger charge is 2.03. The van der Waals surface area contributed by atoms with Crippen LogP contribution in [-0.4, -0.2) is 37.7 Å². The van der Waals surface area contributed by atoms with E-state index in [0.717, 1.165) is 38.5 Å². The van der Waals surface area contributed by atoms with E-state index < -0.39 is 0 Å². The van der Waals surface area contributed by atoms with Crippen LogP contribution in [0.3, 0.4) is 0 Å². The molecule has 0 unspecified atom stereocenters. The Kier molecular flexibility index (Phi) is 8.26. The van der Waals surface area contributed by atoms with Crippen molar-refractivity contribution in [3.63, 3.8) is 0 Å². The van der Waals surface area contributed by atoms with Crippen molar-refractivity contribution < 1.29 is 4.74 Å². The van der Waals surface area contributed by atoms with Gasteiger partial charge in [-0.1, -0.05) is 32.0 Å². The number of rotatable bonds is 10. The second-order valence-electron chi connectivity index (χ2n) is 4.65. The van der Waals surface area contributed by atoms with Gasteiger partial charge in [0.05, 0.1) is 6.61 Å². The Morgan fingerprint density at radius 1 is 1.11 bits per heavy atom. The summed E-state index contributed by atoms with van der Waals surface area (Å²) >= 11 is 0. The summed E-state index contributed by atoms with van der Waals surface area (Å²) in [5.41, 5.74) is 1.24. The molecule has 3 heteroatoms. The number of hydrogen-bond donors (Lipinski definition) is 1. The first-order valence-corrected chi connectivity index (χ1v) is 7.45. The molecule has 1 N–H and O–H groups in total. The Hall–Kier alpha value is -1.06. The lowest BCUT2D eigenvalue weighted by molar-refractivity contribution is 0.287. The zero-order valence-electron chi connectivity index (χ0n) is 12.6. The topological polar surface area (TPSA) is 24.5 Å². The second kappa shape index (κ2) is 9.82. The zero-order valence-corrected chi connectivity index (χ0v) is 12.6. The summed E-state index contributed by atoms with van der Waals surface area (Å²) in [6.45, 7) is 12.5. The minimum absolute atomic E-state index is 0.719. The quantitative estimate of drug-likeness (QED) is 0.658. The Balaban J connectivity index is 2.32. The largest absolute Gasteiger partial charge is 0.494 e. The maximum atomic E-state index is 5.62. The van der Waals surface area contributed by atoms with E-state index in [2.05, 4.69) is 36.2 Å². The molecule has 0 aliphatic carbocycles. The van der Waals surface area contributed by atoms with Crippen LogP contribution in [0.5, 0.6) is 5.75 Å². The van der Waals surface area contributed by atoms with Gasteiger partial charge < -0.3 is 15.0 Å². The van der Waals surface area contributed by atoms with E-state index in [4.69, 9.17) is 4.74 Å². The van der Waals surface area contributed by atoms with Crippen molar-refractivity contribution in [1.82, 2.24) is 10.2 Å². The minimum atomic E-state index is 0.719. The number of likely N-dealkylation sites (N-methyl/N-ethyl adjacent to an activating group) is 1. The molecule has 0 radical (unpaired) electrons. The highest BCUT2D eigenvalue weighted by atomic mass is 16.5. The molecule has 108 valence electrons. The molecule has 0 aromatic heterocycles. The molecule has 0 fully saturated rings. The summed E-state index contributed by atoms with van der Waals surface area (Å²) < 4.78 is 5.62. The fourth-order valence-electron chi connectivity index (χ4n) is 2.15. The molecule has 0 atom stereocenters. The van der Waals surface area contributed by atoms with Crippen molar-refractivity contribution in [3.05, 3.63) is 29.8 Å². The first-order valence-electron chi connectivity index (χ1n) is 7.45. The zero-order chi connectivity index (χ0) is 13.9. The normalized spacial score (nSPS) is 10.9. The maximum Gasteiger partial charge on any atom is 0.123 e. The van der Waals surface area contributed by atoms with Gasteiger partial charge in [0.2, 0.25) is 0 Å². The van der Waals surface area contributed by atoms with Gasteiger partial charge in [0.1, 0.15) is 5.75 Å². The van der Waals surface area contributed by atoms with Crippen molar-refractivity contribution in [2.75, 3.05) is 32.8 Å². The van der Waals surface area contributed by atoms with Gasteiger partial charge in [-0.25, -0.2) is 0 Å². The van der Waals surface area contributed by atoms with E-state index in [9.17, 15) is 0 Å². The fraction of sp³-hybridized carbons (Fsp3) is 0.625. The molecule has 1 aromatic rings. The molecule has 0 saturated heterocycles. The number of ether oxygens (including phenoxy) is 1. The SMILES string of the molecule is CCCN(CC)CCNCc1ccccc1OCC. The summed E-state index contributed by atoms with van der Waals surface area (Å²) in [6, 6.07) is 8.25. The second-order valence-corrected chi connectivity index (χ2v) is 4.65. The summed E-state index contributed by atoms with van der Waals surface area (Å²) in [5, 5.41) is 3.50. The van der Waals surface area contributed by atoms with Gasteiger partial charge in [-0.15, -0.1) is 0 Å². The Morgan fingerprint density at radius 2 is 1.89 bits per heavy atom. The monoisotopic (exact) mass is 264 g/mol. The van der Waals surface area contributed by atoms with Gasteiger partial charge in [0.25, 0.3) is 0 Å². The number of benzene rings is 1. The van der Waals surface area contributed by atoms with Gasteiger partial charge in [0.15, 0.2) is 0 Å². The average molecular weight is 264 g/mol. The molecule has 0 bridgehead atoms. The third-order valence-corrected chi connectivity index (χ3v) is 3.18. The Bertz CT molecular complexity index is 341. The third kappa shape index (κ3) is 6.08. The van der Waals surface area contributed by atoms with E-state index in [1.54, 1.807) is 0 Å². The van der Waals surface area contributed by atoms with E-state index in [1.807, 2.05) is 19.1 Å². The van der Waals surface area contributed by atoms with Crippen molar-refractivity contribution in [2.24, 2.45) is 0 Å². The molecule has 1 aromatic carbocycles. The summed E-state index contributed by atoms with van der Waals surface area (Å²) in [6.07, 6.45) is 1.22. The van der Waals surface area contributed by atoms with Crippen LogP contribution in [0.4, 0.5) is 0 Å². The van der Waals surface area contributed by atoms with Crippen LogP contribution in [0.1, 0.15) is 32.8 Å². The fourth-order valence-corrected chi connectivity index (χ4v) is 2.15. The highest BCUT2D eigenvalue weighted by Crippen LogP contribution is 2.17. The molecular formula is C16H28N2O. The van der Waals surface area contributed by atoms with Crippen LogP contribution in [0.25, 0.3) is 0 Å². The highest BCUT2D eigenvalue weighted by molar-refractivity contribution is 5.33. The molecule has 3 nitrogen and oxygen atoms in total. The van der Waals surface area contributed by atoms with E-state index >= 15 is 0 Å². The molecule has 0 saturated carbocycles. The molecule has 0 amide bonds. The van der Waals surface area contributed by atoms with Gasteiger partial charge in [-0.05, 0) is 32.5 Å². The van der Waals surface area contributed by atoms with Crippen LogP contribution >= 0.6 is 0 Å². The van der Waals surface area contributed by atoms with Crippen LogP contribution in [-0.2, 0) is 6.54 Å². The molecule has 1 rings (SSSR count). The predicted octanol–water partition coefficient (Wildman–Crippen LogP) is 2.91. The Morgan fingerprint density at radius 3 is 2.58 bits per heavy atom. The first-order chi connectivity index (χ1) is 9.31. The van der Waals surface area contributed by atoms with Crippen LogP contribution in [0, 0.1) is 0 Å². The summed E-state index contributed by atoms with van der Waals surface area (Å²) in [5.74, 6) is 0.999. The minimum Gasteiger partial charge on any atom is -0.494 e. The molecule has 0 heterocycles.